The first kappa shape index (κ1) is 100. The van der Waals surface area contributed by atoms with Gasteiger partial charge in [-0.05, 0) is 397 Å². The fraction of sp³-hybridized carbons (Fsp3) is 0.258. The zero-order chi connectivity index (χ0) is 94.8. The molecule has 0 N–H and O–H groups in total. The zero-order valence-corrected chi connectivity index (χ0v) is 84.4. The summed E-state index contributed by atoms with van der Waals surface area (Å²) < 4.78 is 35.0. The average molecular weight is 1780 g/mol. The summed E-state index contributed by atoms with van der Waals surface area (Å²) in [6.07, 6.45) is 16.9. The van der Waals surface area contributed by atoms with Gasteiger partial charge in [0.2, 0.25) is 0 Å². The van der Waals surface area contributed by atoms with E-state index in [1.807, 2.05) is 125 Å². The third-order valence-corrected chi connectivity index (χ3v) is 23.4. The Morgan fingerprint density at radius 1 is 0.174 bits per heavy atom. The third-order valence-electron chi connectivity index (χ3n) is 22.4. The van der Waals surface area contributed by atoms with Gasteiger partial charge in [0.05, 0.1) is 7.11 Å². The summed E-state index contributed by atoms with van der Waals surface area (Å²) in [5.74, 6) is 7.58. The number of hydrogen-bond acceptors (Lipinski definition) is 6. The van der Waals surface area contributed by atoms with E-state index in [2.05, 4.69) is 313 Å². The van der Waals surface area contributed by atoms with Crippen LogP contribution in [0.3, 0.4) is 0 Å². The molecular weight excluding hydrogens is 1650 g/mol. The van der Waals surface area contributed by atoms with Crippen molar-refractivity contribution in [2.75, 3.05) is 7.11 Å². The van der Waals surface area contributed by atoms with E-state index in [0.717, 1.165) is 137 Å². The number of rotatable bonds is 27. The van der Waals surface area contributed by atoms with Gasteiger partial charge in [-0.1, -0.05) is 263 Å². The van der Waals surface area contributed by atoms with Crippen LogP contribution in [-0.4, -0.2) is 19.7 Å². The normalized spacial score (nSPS) is 10.8. The molecule has 0 amide bonds. The lowest BCUT2D eigenvalue weighted by molar-refractivity contribution is 0.408. The Balaban J connectivity index is 0.000000159. The van der Waals surface area contributed by atoms with Gasteiger partial charge >= 0.3 is 0 Å². The lowest BCUT2D eigenvalue weighted by atomic mass is 9.94. The monoisotopic (exact) mass is 1780 g/mol. The van der Waals surface area contributed by atoms with Crippen LogP contribution in [0.1, 0.15) is 209 Å². The highest BCUT2D eigenvalue weighted by atomic mass is 31.1. The van der Waals surface area contributed by atoms with E-state index in [-0.39, 0.29) is 0 Å². The molecule has 15 rings (SSSR count). The Hall–Kier alpha value is -12.6. The molecule has 0 atom stereocenters. The fourth-order valence-electron chi connectivity index (χ4n) is 18.1. The van der Waals surface area contributed by atoms with Gasteiger partial charge in [-0.3, -0.25) is 0 Å². The second kappa shape index (κ2) is 48.0. The standard InChI is InChI=1S/C26H29P.2C26H30.C23H23O3P.C23H24O3/c1-18-6-19(2)8-22(7-18)13-23-9-20(3)10-24(14-23)15-25-11-21(4)12-26(16-25)17-27-5;2*1-6-22-8-20(4)11-24(14-22)16-26-13-21(5)12-25(17-26)15-23-9-18(2)7-19(3)10-23;1-15-6-16(2)8-19(7-15)24-20-9-17(3)10-21(13-20)25-22-11-18(4)12-23(14-22)26-27-5;1-15-6-16(2)9-20(8-15)25-22-11-18(4)12-23(14-22)26-21-10-17(3)7-19(13-21)24-5/h6-12,14,16H,5,13,15,17H2,1-4H3;2*7-14,17H,6,15-16H2,1-5H3;6-14H,5H2,1-4H3;6-14H,1-5H3. The molecule has 0 aromatic heterocycles. The number of aryl methyl sites for hydroxylation is 22. The van der Waals surface area contributed by atoms with Crippen LogP contribution in [0.5, 0.6) is 57.5 Å². The van der Waals surface area contributed by atoms with E-state index in [4.69, 9.17) is 28.2 Å². The molecule has 678 valence electrons. The topological polar surface area (TPSA) is 55.4 Å². The van der Waals surface area contributed by atoms with Gasteiger partial charge in [-0.25, -0.2) is 0 Å². The van der Waals surface area contributed by atoms with Crippen molar-refractivity contribution >= 4 is 29.2 Å². The Labute approximate surface area is 794 Å². The van der Waals surface area contributed by atoms with Crippen molar-refractivity contribution in [1.29, 1.82) is 0 Å². The number of benzene rings is 15. The molecule has 15 aromatic carbocycles. The first-order chi connectivity index (χ1) is 63.0. The summed E-state index contributed by atoms with van der Waals surface area (Å²) in [6.45, 7) is 47.1. The molecule has 15 aromatic rings. The number of hydrogen-bond donors (Lipinski definition) is 0. The Morgan fingerprint density at radius 2 is 0.326 bits per heavy atom. The maximum atomic E-state index is 6.07. The first-order valence-electron chi connectivity index (χ1n) is 46.3. The molecule has 0 heterocycles. The van der Waals surface area contributed by atoms with Crippen molar-refractivity contribution in [2.45, 2.75) is 210 Å². The van der Waals surface area contributed by atoms with Crippen LogP contribution < -0.4 is 28.2 Å². The molecule has 0 bridgehead atoms. The van der Waals surface area contributed by atoms with Crippen molar-refractivity contribution in [1.82, 2.24) is 0 Å². The van der Waals surface area contributed by atoms with E-state index in [1.165, 1.54) is 181 Å². The van der Waals surface area contributed by atoms with E-state index in [1.54, 1.807) is 7.11 Å². The summed E-state index contributed by atoms with van der Waals surface area (Å²) in [5, 5.41) is 0. The maximum Gasteiger partial charge on any atom is 0.135 e. The lowest BCUT2D eigenvalue weighted by Gasteiger charge is -2.13. The highest BCUT2D eigenvalue weighted by molar-refractivity contribution is 7.35. The zero-order valence-electron chi connectivity index (χ0n) is 82.6. The van der Waals surface area contributed by atoms with Crippen molar-refractivity contribution in [2.24, 2.45) is 0 Å². The fourth-order valence-corrected chi connectivity index (χ4v) is 18.8. The summed E-state index contributed by atoms with van der Waals surface area (Å²) in [4.78, 5) is 0. The van der Waals surface area contributed by atoms with Gasteiger partial charge < -0.3 is 28.2 Å². The smallest absolute Gasteiger partial charge is 0.135 e. The predicted octanol–water partition coefficient (Wildman–Crippen LogP) is 34.0. The lowest BCUT2D eigenvalue weighted by Crippen LogP contribution is -1.96. The van der Waals surface area contributed by atoms with Crippen LogP contribution >= 0.6 is 16.6 Å². The molecule has 0 fully saturated rings. The average Bonchev–Trinajstić information content (AvgIpc) is 0.845. The van der Waals surface area contributed by atoms with Crippen LogP contribution in [0.15, 0.2) is 273 Å². The molecule has 8 heteroatoms. The second-order valence-electron chi connectivity index (χ2n) is 37.0. The van der Waals surface area contributed by atoms with Crippen LogP contribution in [0.25, 0.3) is 0 Å². The predicted molar refractivity (Wildman–Crippen MR) is 566 cm³/mol. The molecule has 0 aliphatic rings. The summed E-state index contributed by atoms with van der Waals surface area (Å²) in [7, 11) is 3.44. The summed E-state index contributed by atoms with van der Waals surface area (Å²) in [5.41, 5.74) is 46.3. The third kappa shape index (κ3) is 33.1. The molecule has 0 radical (unpaired) electrons. The van der Waals surface area contributed by atoms with Crippen LogP contribution in [0.2, 0.25) is 0 Å². The quantitative estimate of drug-likeness (QED) is 0.0478. The van der Waals surface area contributed by atoms with E-state index in [0.29, 0.717) is 8.43 Å². The van der Waals surface area contributed by atoms with Gasteiger partial charge in [0, 0.05) is 30.4 Å². The van der Waals surface area contributed by atoms with Gasteiger partial charge in [0.1, 0.15) is 65.9 Å². The van der Waals surface area contributed by atoms with Crippen LogP contribution in [-0.2, 0) is 57.5 Å². The highest BCUT2D eigenvalue weighted by Gasteiger charge is 2.15. The second-order valence-corrected chi connectivity index (χ2v) is 38.2. The number of ether oxygens (including phenoxy) is 5. The molecule has 0 aliphatic carbocycles. The Morgan fingerprint density at radius 3 is 0.545 bits per heavy atom. The minimum absolute atomic E-state index is 0.605. The maximum absolute atomic E-state index is 6.07. The molecule has 0 saturated carbocycles. The molecule has 0 unspecified atom stereocenters. The Bertz CT molecular complexity index is 5910. The number of methoxy groups -OCH3 is 1. The Kier molecular flexibility index (Phi) is 36.4. The van der Waals surface area contributed by atoms with Crippen molar-refractivity contribution in [3.63, 3.8) is 0 Å². The minimum Gasteiger partial charge on any atom is -0.497 e. The highest BCUT2D eigenvalue weighted by Crippen LogP contribution is 2.37. The minimum atomic E-state index is 0.605. The molecular formula is C124H136O6P2. The van der Waals surface area contributed by atoms with Gasteiger partial charge in [-0.15, -0.1) is 8.20 Å². The van der Waals surface area contributed by atoms with Crippen molar-refractivity contribution in [3.05, 3.63) is 468 Å². The van der Waals surface area contributed by atoms with Gasteiger partial charge in [0.25, 0.3) is 0 Å². The van der Waals surface area contributed by atoms with Crippen LogP contribution in [0.4, 0.5) is 0 Å². The van der Waals surface area contributed by atoms with Crippen LogP contribution in [0, 0.1) is 138 Å². The molecule has 6 nitrogen and oxygen atoms in total. The van der Waals surface area contributed by atoms with E-state index >= 15 is 0 Å². The molecule has 0 aliphatic heterocycles. The van der Waals surface area contributed by atoms with E-state index < -0.39 is 0 Å². The van der Waals surface area contributed by atoms with Crippen molar-refractivity contribution in [3.8, 4) is 57.5 Å². The van der Waals surface area contributed by atoms with Gasteiger partial charge in [-0.2, -0.15) is 0 Å². The molecule has 0 spiro atoms. The van der Waals surface area contributed by atoms with Crippen molar-refractivity contribution < 1.29 is 28.2 Å². The SMILES string of the molecule is C=PCc1cc(C)cc(Cc2cc(C)cc(Cc3cc(C)cc(C)c3)c2)c1.C=POc1cc(C)cc(Oc2cc(C)cc(Oc3cc(C)cc(C)c3)c2)c1.CCc1cc(C)cc(Cc2cc(C)cc(Cc3cc(C)cc(C)c3)c2)c1.CCc1cc(C)cc(Cc2cc(C)cc(Cc3cc(C)cc(C)c3)c2)c1.COc1cc(C)cc(Oc2cc(C)cc(Oc3cc(C)cc(C)c3)c2)c1. The van der Waals surface area contributed by atoms with E-state index in [9.17, 15) is 0 Å². The molecule has 132 heavy (non-hydrogen) atoms. The van der Waals surface area contributed by atoms with Gasteiger partial charge in [0.15, 0.2) is 0 Å². The first-order valence-corrected chi connectivity index (χ1v) is 48.5. The molecule has 0 saturated heterocycles. The summed E-state index contributed by atoms with van der Waals surface area (Å²) in [6, 6.07) is 98.3. The summed E-state index contributed by atoms with van der Waals surface area (Å²) >= 11 is 0. The largest absolute Gasteiger partial charge is 0.497 e.